The number of carbonyl (C=O) groups excluding carboxylic acids is 1. The van der Waals surface area contributed by atoms with Gasteiger partial charge < -0.3 is 5.32 Å². The summed E-state index contributed by atoms with van der Waals surface area (Å²) in [5.41, 5.74) is 0.0364. The van der Waals surface area contributed by atoms with E-state index in [0.29, 0.717) is 0 Å². The fourth-order valence-electron chi connectivity index (χ4n) is 2.74. The molecule has 0 radical (unpaired) electrons. The molecule has 0 saturated carbocycles. The number of hydrogen-bond donors (Lipinski definition) is 3. The number of alkyl halides is 3. The maximum absolute atomic E-state index is 14.1. The van der Waals surface area contributed by atoms with Crippen LogP contribution in [0.25, 0.3) is 11.3 Å². The lowest BCUT2D eigenvalue weighted by atomic mass is 9.83. The normalized spacial score (nSPS) is 11.6. The van der Waals surface area contributed by atoms with Crippen LogP contribution >= 0.6 is 0 Å². The molecule has 10 heteroatoms. The first kappa shape index (κ1) is 21.1. The van der Waals surface area contributed by atoms with Crippen LogP contribution in [0.4, 0.5) is 23.7 Å². The first-order chi connectivity index (χ1) is 13.0. The van der Waals surface area contributed by atoms with Gasteiger partial charge in [-0.15, -0.1) is 0 Å². The van der Waals surface area contributed by atoms with Crippen molar-refractivity contribution in [2.24, 2.45) is 11.3 Å². The molecule has 0 saturated heterocycles. The van der Waals surface area contributed by atoms with E-state index in [1.807, 2.05) is 5.43 Å². The van der Waals surface area contributed by atoms with Crippen LogP contribution in [-0.2, 0) is 12.6 Å². The van der Waals surface area contributed by atoms with Crippen molar-refractivity contribution in [3.05, 3.63) is 41.3 Å². The van der Waals surface area contributed by atoms with Gasteiger partial charge >= 0.3 is 12.2 Å². The summed E-state index contributed by atoms with van der Waals surface area (Å²) in [4.78, 5) is 19.2. The summed E-state index contributed by atoms with van der Waals surface area (Å²) in [6.45, 7) is 5.35. The Morgan fingerprint density at radius 3 is 2.46 bits per heavy atom. The van der Waals surface area contributed by atoms with E-state index in [1.54, 1.807) is 26.8 Å². The topological polar surface area (TPSA) is 117 Å². The van der Waals surface area contributed by atoms with E-state index in [1.165, 1.54) is 24.4 Å². The van der Waals surface area contributed by atoms with E-state index >= 15 is 0 Å². The molecule has 4 N–H and O–H groups in total. The van der Waals surface area contributed by atoms with Gasteiger partial charge in [0.1, 0.15) is 6.07 Å². The molecule has 0 aliphatic carbocycles. The summed E-state index contributed by atoms with van der Waals surface area (Å²) in [6, 6.07) is 4.72. The second-order valence-corrected chi connectivity index (χ2v) is 7.23. The van der Waals surface area contributed by atoms with Gasteiger partial charge in [-0.25, -0.2) is 20.6 Å². The maximum atomic E-state index is 14.1. The maximum Gasteiger partial charge on any atom is 0.417 e. The van der Waals surface area contributed by atoms with Crippen molar-refractivity contribution in [3.8, 4) is 17.3 Å². The van der Waals surface area contributed by atoms with E-state index < -0.39 is 23.2 Å². The molecule has 0 aliphatic heterocycles. The molecular weight excluding hydrogens is 373 g/mol. The number of rotatable bonds is 3. The van der Waals surface area contributed by atoms with E-state index in [4.69, 9.17) is 11.1 Å². The fourth-order valence-corrected chi connectivity index (χ4v) is 2.74. The molecule has 28 heavy (non-hydrogen) atoms. The molecule has 0 bridgehead atoms. The molecule has 7 nitrogen and oxygen atoms in total. The molecule has 0 fully saturated rings. The minimum Gasteiger partial charge on any atom is -0.307 e. The van der Waals surface area contributed by atoms with Crippen LogP contribution in [0.15, 0.2) is 24.4 Å². The monoisotopic (exact) mass is 392 g/mol. The number of anilines is 1. The number of amides is 2. The molecular formula is C18H19F3N6O. The number of nitriles is 1. The molecule has 0 unspecified atom stereocenters. The van der Waals surface area contributed by atoms with Crippen LogP contribution < -0.4 is 16.6 Å². The molecule has 2 aromatic rings. The first-order valence-electron chi connectivity index (χ1n) is 8.20. The highest BCUT2D eigenvalue weighted by Gasteiger charge is 2.39. The van der Waals surface area contributed by atoms with Gasteiger partial charge in [0.2, 0.25) is 5.82 Å². The summed E-state index contributed by atoms with van der Waals surface area (Å²) in [7, 11) is 0. The minimum atomic E-state index is -4.73. The van der Waals surface area contributed by atoms with Crippen LogP contribution in [0, 0.1) is 16.7 Å². The van der Waals surface area contributed by atoms with Gasteiger partial charge in [-0.05, 0) is 29.5 Å². The minimum absolute atomic E-state index is 0.0106. The highest BCUT2D eigenvalue weighted by molar-refractivity contribution is 5.91. The molecule has 1 heterocycles. The number of nitrogens with one attached hydrogen (secondary N) is 2. The third-order valence-corrected chi connectivity index (χ3v) is 3.71. The molecule has 0 atom stereocenters. The Bertz CT molecular complexity index is 928. The summed E-state index contributed by atoms with van der Waals surface area (Å²) >= 11 is 0. The van der Waals surface area contributed by atoms with Crippen molar-refractivity contribution in [2.45, 2.75) is 33.4 Å². The zero-order valence-electron chi connectivity index (χ0n) is 15.5. The number of aromatic nitrogens is 2. The van der Waals surface area contributed by atoms with Crippen molar-refractivity contribution >= 4 is 11.7 Å². The summed E-state index contributed by atoms with van der Waals surface area (Å²) < 4.78 is 42.3. The Morgan fingerprint density at radius 2 is 1.93 bits per heavy atom. The fraction of sp³-hybridized carbons (Fsp3) is 0.333. The quantitative estimate of drug-likeness (QED) is 0.419. The zero-order valence-corrected chi connectivity index (χ0v) is 15.5. The van der Waals surface area contributed by atoms with Crippen molar-refractivity contribution in [3.63, 3.8) is 0 Å². The SMILES string of the molecule is CC(C)(C)Cc1c(NC(=O)NN)ccc(-c2ccnc(C#N)n2)c1C(F)(F)F. The van der Waals surface area contributed by atoms with Crippen molar-refractivity contribution in [1.82, 2.24) is 15.4 Å². The van der Waals surface area contributed by atoms with E-state index in [0.717, 1.165) is 0 Å². The highest BCUT2D eigenvalue weighted by atomic mass is 19.4. The number of carbonyl (C=O) groups is 1. The van der Waals surface area contributed by atoms with E-state index in [9.17, 15) is 18.0 Å². The third kappa shape index (κ3) is 4.95. The third-order valence-electron chi connectivity index (χ3n) is 3.71. The lowest BCUT2D eigenvalue weighted by molar-refractivity contribution is -0.137. The Labute approximate surface area is 159 Å². The Hall–Kier alpha value is -3.19. The predicted molar refractivity (Wildman–Crippen MR) is 96.7 cm³/mol. The van der Waals surface area contributed by atoms with Crippen LogP contribution in [0.1, 0.15) is 37.7 Å². The van der Waals surface area contributed by atoms with Gasteiger partial charge in [0, 0.05) is 17.4 Å². The number of nitrogens with two attached hydrogens (primary N) is 1. The van der Waals surface area contributed by atoms with Gasteiger partial charge in [-0.1, -0.05) is 26.8 Å². The van der Waals surface area contributed by atoms with Gasteiger partial charge in [0.15, 0.2) is 0 Å². The predicted octanol–water partition coefficient (Wildman–Crippen LogP) is 3.62. The van der Waals surface area contributed by atoms with Crippen LogP contribution in [-0.4, -0.2) is 16.0 Å². The molecule has 2 rings (SSSR count). The molecule has 148 valence electrons. The van der Waals surface area contributed by atoms with Crippen LogP contribution in [0.3, 0.4) is 0 Å². The largest absolute Gasteiger partial charge is 0.417 e. The van der Waals surface area contributed by atoms with Crippen LogP contribution in [0.5, 0.6) is 0 Å². The molecule has 0 spiro atoms. The zero-order chi connectivity index (χ0) is 21.1. The number of halogens is 3. The van der Waals surface area contributed by atoms with Crippen molar-refractivity contribution < 1.29 is 18.0 Å². The number of hydrogen-bond acceptors (Lipinski definition) is 5. The number of benzene rings is 1. The Morgan fingerprint density at radius 1 is 1.25 bits per heavy atom. The molecule has 1 aromatic carbocycles. The van der Waals surface area contributed by atoms with Gasteiger partial charge in [-0.3, -0.25) is 5.43 Å². The van der Waals surface area contributed by atoms with E-state index in [-0.39, 0.29) is 34.8 Å². The molecule has 0 aliphatic rings. The lowest BCUT2D eigenvalue weighted by Gasteiger charge is -2.26. The number of nitrogens with zero attached hydrogens (tertiary/aromatic N) is 3. The summed E-state index contributed by atoms with van der Waals surface area (Å²) in [6.07, 6.45) is -3.49. The van der Waals surface area contributed by atoms with Gasteiger partial charge in [0.25, 0.3) is 0 Å². The van der Waals surface area contributed by atoms with Crippen LogP contribution in [0.2, 0.25) is 0 Å². The number of hydrazine groups is 1. The average molecular weight is 392 g/mol. The van der Waals surface area contributed by atoms with Crippen molar-refractivity contribution in [1.29, 1.82) is 5.26 Å². The summed E-state index contributed by atoms with van der Waals surface area (Å²) in [5, 5.41) is 11.3. The highest BCUT2D eigenvalue weighted by Crippen LogP contribution is 2.43. The summed E-state index contributed by atoms with van der Waals surface area (Å²) in [5.74, 6) is 4.80. The molecule has 1 aromatic heterocycles. The van der Waals surface area contributed by atoms with Crippen molar-refractivity contribution in [2.75, 3.05) is 5.32 Å². The number of urea groups is 1. The Kier molecular flexibility index (Phi) is 5.89. The van der Waals surface area contributed by atoms with Gasteiger partial charge in [0.05, 0.1) is 11.3 Å². The molecule has 2 amide bonds. The smallest absolute Gasteiger partial charge is 0.307 e. The Balaban J connectivity index is 2.81. The van der Waals surface area contributed by atoms with E-state index in [2.05, 4.69) is 15.3 Å². The average Bonchev–Trinajstić information content (AvgIpc) is 2.60. The standard InChI is InChI=1S/C18H19F3N6O/c1-17(2,3)8-11-12(26-16(28)27-23)5-4-10(15(11)18(19,20)21)13-6-7-24-14(9-22)25-13/h4-7H,8,23H2,1-3H3,(H2,26,27,28). The van der Waals surface area contributed by atoms with Gasteiger partial charge in [-0.2, -0.15) is 18.4 Å². The first-order valence-corrected chi connectivity index (χ1v) is 8.20. The second kappa shape index (κ2) is 7.82. The lowest BCUT2D eigenvalue weighted by Crippen LogP contribution is -2.35. The second-order valence-electron chi connectivity index (χ2n) is 7.23.